The Hall–Kier alpha value is -0.380. The van der Waals surface area contributed by atoms with Crippen LogP contribution in [0.4, 0.5) is 0 Å². The van der Waals surface area contributed by atoms with E-state index in [0.29, 0.717) is 6.04 Å². The molecular weight excluding hydrogens is 182 g/mol. The molecule has 1 aromatic rings. The fourth-order valence-corrected chi connectivity index (χ4v) is 2.27. The van der Waals surface area contributed by atoms with E-state index in [1.165, 1.54) is 5.56 Å². The van der Waals surface area contributed by atoms with E-state index in [-0.39, 0.29) is 0 Å². The van der Waals surface area contributed by atoms with E-state index >= 15 is 0 Å². The molecule has 2 heterocycles. The Balaban J connectivity index is 1.93. The van der Waals surface area contributed by atoms with Crippen LogP contribution in [0.2, 0.25) is 0 Å². The number of morpholine rings is 1. The van der Waals surface area contributed by atoms with Crippen molar-refractivity contribution in [1.82, 2.24) is 4.90 Å². The largest absolute Gasteiger partial charge is 0.379 e. The van der Waals surface area contributed by atoms with Crippen LogP contribution in [-0.2, 0) is 11.3 Å². The van der Waals surface area contributed by atoms with Gasteiger partial charge in [-0.1, -0.05) is 0 Å². The highest BCUT2D eigenvalue weighted by Gasteiger charge is 2.18. The SMILES string of the molecule is CC1COCCN1Cc1ccsc1. The van der Waals surface area contributed by atoms with Crippen molar-refractivity contribution in [3.8, 4) is 0 Å². The van der Waals surface area contributed by atoms with Crippen LogP contribution >= 0.6 is 11.3 Å². The molecule has 13 heavy (non-hydrogen) atoms. The maximum absolute atomic E-state index is 5.39. The molecule has 0 amide bonds. The number of ether oxygens (including phenoxy) is 1. The topological polar surface area (TPSA) is 12.5 Å². The van der Waals surface area contributed by atoms with Gasteiger partial charge in [0.25, 0.3) is 0 Å². The maximum Gasteiger partial charge on any atom is 0.0619 e. The van der Waals surface area contributed by atoms with Gasteiger partial charge < -0.3 is 4.74 Å². The highest BCUT2D eigenvalue weighted by atomic mass is 32.1. The van der Waals surface area contributed by atoms with Crippen molar-refractivity contribution in [2.24, 2.45) is 0 Å². The summed E-state index contributed by atoms with van der Waals surface area (Å²) < 4.78 is 5.39. The minimum Gasteiger partial charge on any atom is -0.379 e. The minimum atomic E-state index is 0.564. The van der Waals surface area contributed by atoms with E-state index in [9.17, 15) is 0 Å². The Bertz CT molecular complexity index is 247. The molecule has 0 aromatic carbocycles. The Morgan fingerprint density at radius 1 is 1.69 bits per heavy atom. The van der Waals surface area contributed by atoms with E-state index < -0.39 is 0 Å². The summed E-state index contributed by atoms with van der Waals surface area (Å²) in [5, 5.41) is 4.36. The summed E-state index contributed by atoms with van der Waals surface area (Å²) in [5.74, 6) is 0. The molecule has 0 N–H and O–H groups in total. The zero-order valence-electron chi connectivity index (χ0n) is 7.90. The summed E-state index contributed by atoms with van der Waals surface area (Å²) in [6, 6.07) is 2.76. The molecule has 0 aliphatic carbocycles. The van der Waals surface area contributed by atoms with Crippen LogP contribution in [0, 0.1) is 0 Å². The van der Waals surface area contributed by atoms with Gasteiger partial charge in [0.2, 0.25) is 0 Å². The van der Waals surface area contributed by atoms with Gasteiger partial charge in [-0.05, 0) is 29.3 Å². The van der Waals surface area contributed by atoms with Gasteiger partial charge in [-0.25, -0.2) is 0 Å². The van der Waals surface area contributed by atoms with E-state index in [1.54, 1.807) is 11.3 Å². The lowest BCUT2D eigenvalue weighted by Gasteiger charge is -2.32. The fourth-order valence-electron chi connectivity index (χ4n) is 1.61. The zero-order valence-corrected chi connectivity index (χ0v) is 8.72. The van der Waals surface area contributed by atoms with Crippen molar-refractivity contribution >= 4 is 11.3 Å². The number of nitrogens with zero attached hydrogens (tertiary/aromatic N) is 1. The van der Waals surface area contributed by atoms with Gasteiger partial charge in [0.1, 0.15) is 0 Å². The molecule has 3 heteroatoms. The molecule has 1 aliphatic heterocycles. The van der Waals surface area contributed by atoms with Gasteiger partial charge in [-0.3, -0.25) is 4.90 Å². The summed E-state index contributed by atoms with van der Waals surface area (Å²) in [6.07, 6.45) is 0. The van der Waals surface area contributed by atoms with Gasteiger partial charge >= 0.3 is 0 Å². The molecule has 1 atom stereocenters. The molecule has 1 unspecified atom stereocenters. The molecule has 0 saturated carbocycles. The Morgan fingerprint density at radius 2 is 2.62 bits per heavy atom. The molecule has 2 nitrogen and oxygen atoms in total. The second-order valence-corrected chi connectivity index (χ2v) is 4.31. The second kappa shape index (κ2) is 4.22. The van der Waals surface area contributed by atoms with Gasteiger partial charge in [0, 0.05) is 19.1 Å². The molecule has 1 aliphatic rings. The smallest absolute Gasteiger partial charge is 0.0619 e. The lowest BCUT2D eigenvalue weighted by molar-refractivity contribution is -0.00431. The molecule has 1 fully saturated rings. The highest BCUT2D eigenvalue weighted by molar-refractivity contribution is 7.07. The van der Waals surface area contributed by atoms with E-state index in [4.69, 9.17) is 4.74 Å². The summed E-state index contributed by atoms with van der Waals surface area (Å²) >= 11 is 1.77. The lowest BCUT2D eigenvalue weighted by Crippen LogP contribution is -2.42. The molecular formula is C10H15NOS. The quantitative estimate of drug-likeness (QED) is 0.718. The number of rotatable bonds is 2. The third kappa shape index (κ3) is 2.30. The molecule has 0 spiro atoms. The monoisotopic (exact) mass is 197 g/mol. The predicted octanol–water partition coefficient (Wildman–Crippen LogP) is 1.97. The summed E-state index contributed by atoms with van der Waals surface area (Å²) in [7, 11) is 0. The van der Waals surface area contributed by atoms with Gasteiger partial charge in [0.15, 0.2) is 0 Å². The molecule has 1 aromatic heterocycles. The second-order valence-electron chi connectivity index (χ2n) is 3.53. The van der Waals surface area contributed by atoms with Crippen molar-refractivity contribution in [2.45, 2.75) is 19.5 Å². The zero-order chi connectivity index (χ0) is 9.10. The first-order chi connectivity index (χ1) is 6.36. The third-order valence-corrected chi connectivity index (χ3v) is 3.20. The lowest BCUT2D eigenvalue weighted by atomic mass is 10.2. The third-order valence-electron chi connectivity index (χ3n) is 2.47. The average Bonchev–Trinajstić information content (AvgIpc) is 2.61. The first kappa shape index (κ1) is 9.19. The van der Waals surface area contributed by atoms with E-state index in [1.807, 2.05) is 0 Å². The Morgan fingerprint density at radius 3 is 3.31 bits per heavy atom. The first-order valence-electron chi connectivity index (χ1n) is 4.69. The summed E-state index contributed by atoms with van der Waals surface area (Å²) in [5.41, 5.74) is 1.43. The Kier molecular flexibility index (Phi) is 2.98. The van der Waals surface area contributed by atoms with Gasteiger partial charge in [0.05, 0.1) is 13.2 Å². The number of thiophene rings is 1. The predicted molar refractivity (Wildman–Crippen MR) is 55.0 cm³/mol. The van der Waals surface area contributed by atoms with Crippen LogP contribution < -0.4 is 0 Å². The summed E-state index contributed by atoms with van der Waals surface area (Å²) in [4.78, 5) is 2.48. The average molecular weight is 197 g/mol. The highest BCUT2D eigenvalue weighted by Crippen LogP contribution is 2.13. The first-order valence-corrected chi connectivity index (χ1v) is 5.63. The van der Waals surface area contributed by atoms with E-state index in [0.717, 1.165) is 26.3 Å². The van der Waals surface area contributed by atoms with Crippen LogP contribution in [0.1, 0.15) is 12.5 Å². The Labute approximate surface area is 83.1 Å². The molecule has 0 bridgehead atoms. The van der Waals surface area contributed by atoms with Crippen LogP contribution in [0.15, 0.2) is 16.8 Å². The van der Waals surface area contributed by atoms with Crippen LogP contribution in [0.5, 0.6) is 0 Å². The minimum absolute atomic E-state index is 0.564. The van der Waals surface area contributed by atoms with Crippen LogP contribution in [-0.4, -0.2) is 30.7 Å². The van der Waals surface area contributed by atoms with Crippen molar-refractivity contribution in [2.75, 3.05) is 19.8 Å². The van der Waals surface area contributed by atoms with Crippen molar-refractivity contribution in [3.63, 3.8) is 0 Å². The van der Waals surface area contributed by atoms with E-state index in [2.05, 4.69) is 28.7 Å². The maximum atomic E-state index is 5.39. The standard InChI is InChI=1S/C10H15NOS/c1-9-7-12-4-3-11(9)6-10-2-5-13-8-10/h2,5,8-9H,3-4,6-7H2,1H3. The van der Waals surface area contributed by atoms with Crippen LogP contribution in [0.3, 0.4) is 0 Å². The van der Waals surface area contributed by atoms with Crippen molar-refractivity contribution in [3.05, 3.63) is 22.4 Å². The van der Waals surface area contributed by atoms with Crippen LogP contribution in [0.25, 0.3) is 0 Å². The van der Waals surface area contributed by atoms with Gasteiger partial charge in [-0.2, -0.15) is 11.3 Å². The fraction of sp³-hybridized carbons (Fsp3) is 0.600. The summed E-state index contributed by atoms with van der Waals surface area (Å²) in [6.45, 7) is 6.13. The number of hydrogen-bond donors (Lipinski definition) is 0. The molecule has 1 saturated heterocycles. The van der Waals surface area contributed by atoms with Crippen molar-refractivity contribution < 1.29 is 4.74 Å². The molecule has 0 radical (unpaired) electrons. The van der Waals surface area contributed by atoms with Crippen molar-refractivity contribution in [1.29, 1.82) is 0 Å². The molecule has 2 rings (SSSR count). The van der Waals surface area contributed by atoms with Gasteiger partial charge in [-0.15, -0.1) is 0 Å². The number of hydrogen-bond acceptors (Lipinski definition) is 3. The normalized spacial score (nSPS) is 24.8. The molecule has 72 valence electrons.